The van der Waals surface area contributed by atoms with E-state index >= 15 is 0 Å². The Balaban J connectivity index is 2.28. The van der Waals surface area contributed by atoms with Gasteiger partial charge in [0.2, 0.25) is 0 Å². The van der Waals surface area contributed by atoms with Crippen LogP contribution in [-0.4, -0.2) is 14.6 Å². The molecule has 0 atom stereocenters. The number of benzene rings is 1. The van der Waals surface area contributed by atoms with Crippen molar-refractivity contribution in [3.63, 3.8) is 0 Å². The van der Waals surface area contributed by atoms with Gasteiger partial charge in [0.25, 0.3) is 0 Å². The topological polar surface area (TPSA) is 82.2 Å². The molecule has 1 aromatic carbocycles. The molecule has 0 radical (unpaired) electrons. The maximum Gasteiger partial charge on any atom is 0.152 e. The van der Waals surface area contributed by atoms with E-state index in [-0.39, 0.29) is 0 Å². The van der Waals surface area contributed by atoms with Gasteiger partial charge in [-0.3, -0.25) is 0 Å². The normalized spacial score (nSPS) is 11.1. The Morgan fingerprint density at radius 1 is 1.26 bits per heavy atom. The third-order valence-electron chi connectivity index (χ3n) is 2.99. The molecule has 96 valence electrons. The number of rotatable bonds is 2. The SMILES string of the molecule is NCc1cccc(-c2cc(Br)c3c(N)ncnn23)c1. The van der Waals surface area contributed by atoms with E-state index in [0.29, 0.717) is 12.4 Å². The Labute approximate surface area is 118 Å². The molecule has 5 nitrogen and oxygen atoms in total. The van der Waals surface area contributed by atoms with Gasteiger partial charge in [0.05, 0.1) is 5.69 Å². The van der Waals surface area contributed by atoms with Crippen molar-refractivity contribution < 1.29 is 0 Å². The summed E-state index contributed by atoms with van der Waals surface area (Å²) in [6.45, 7) is 0.509. The van der Waals surface area contributed by atoms with Crippen LogP contribution in [0.1, 0.15) is 5.56 Å². The van der Waals surface area contributed by atoms with E-state index in [9.17, 15) is 0 Å². The summed E-state index contributed by atoms with van der Waals surface area (Å²) in [4.78, 5) is 4.00. The van der Waals surface area contributed by atoms with Gasteiger partial charge in [-0.25, -0.2) is 9.50 Å². The van der Waals surface area contributed by atoms with Gasteiger partial charge in [-0.1, -0.05) is 18.2 Å². The molecule has 4 N–H and O–H groups in total. The number of hydrogen-bond donors (Lipinski definition) is 2. The molecule has 0 aliphatic heterocycles. The summed E-state index contributed by atoms with van der Waals surface area (Å²) in [7, 11) is 0. The van der Waals surface area contributed by atoms with E-state index in [1.807, 2.05) is 30.3 Å². The lowest BCUT2D eigenvalue weighted by molar-refractivity contribution is 0.913. The first-order valence-electron chi connectivity index (χ1n) is 5.78. The van der Waals surface area contributed by atoms with Crippen molar-refractivity contribution in [1.82, 2.24) is 14.6 Å². The van der Waals surface area contributed by atoms with Crippen molar-refractivity contribution in [2.24, 2.45) is 5.73 Å². The van der Waals surface area contributed by atoms with Crippen LogP contribution >= 0.6 is 15.9 Å². The van der Waals surface area contributed by atoms with Crippen LogP contribution in [0.4, 0.5) is 5.82 Å². The van der Waals surface area contributed by atoms with Crippen molar-refractivity contribution in [1.29, 1.82) is 0 Å². The third-order valence-corrected chi connectivity index (χ3v) is 3.60. The van der Waals surface area contributed by atoms with Crippen LogP contribution in [0.25, 0.3) is 16.8 Å². The van der Waals surface area contributed by atoms with E-state index in [0.717, 1.165) is 26.8 Å². The summed E-state index contributed by atoms with van der Waals surface area (Å²) in [5.74, 6) is 0.447. The zero-order chi connectivity index (χ0) is 13.4. The molecule has 0 aliphatic carbocycles. The van der Waals surface area contributed by atoms with Crippen LogP contribution in [0.15, 0.2) is 41.1 Å². The fourth-order valence-electron chi connectivity index (χ4n) is 2.09. The molecule has 0 amide bonds. The Morgan fingerprint density at radius 3 is 2.89 bits per heavy atom. The van der Waals surface area contributed by atoms with Gasteiger partial charge in [-0.2, -0.15) is 5.10 Å². The second kappa shape index (κ2) is 4.64. The van der Waals surface area contributed by atoms with E-state index in [1.165, 1.54) is 6.33 Å². The Hall–Kier alpha value is -1.92. The molecule has 6 heteroatoms. The molecular weight excluding hydrogens is 306 g/mol. The van der Waals surface area contributed by atoms with Crippen LogP contribution < -0.4 is 11.5 Å². The zero-order valence-electron chi connectivity index (χ0n) is 10.0. The lowest BCUT2D eigenvalue weighted by atomic mass is 10.1. The van der Waals surface area contributed by atoms with Crippen LogP contribution in [0.5, 0.6) is 0 Å². The number of hydrogen-bond acceptors (Lipinski definition) is 4. The highest BCUT2D eigenvalue weighted by atomic mass is 79.9. The molecule has 2 heterocycles. The van der Waals surface area contributed by atoms with E-state index in [4.69, 9.17) is 11.5 Å². The van der Waals surface area contributed by atoms with Gasteiger partial charge in [0, 0.05) is 16.6 Å². The number of halogens is 1. The fourth-order valence-corrected chi connectivity index (χ4v) is 2.67. The minimum absolute atomic E-state index is 0.447. The summed E-state index contributed by atoms with van der Waals surface area (Å²) < 4.78 is 2.65. The van der Waals surface area contributed by atoms with Gasteiger partial charge in [0.15, 0.2) is 5.82 Å². The van der Waals surface area contributed by atoms with Crippen LogP contribution in [-0.2, 0) is 6.54 Å². The van der Waals surface area contributed by atoms with E-state index in [2.05, 4.69) is 26.0 Å². The second-order valence-corrected chi connectivity index (χ2v) is 5.04. The van der Waals surface area contributed by atoms with Crippen molar-refractivity contribution in [2.45, 2.75) is 6.54 Å². The Kier molecular flexibility index (Phi) is 2.96. The Morgan fingerprint density at radius 2 is 2.11 bits per heavy atom. The van der Waals surface area contributed by atoms with Crippen molar-refractivity contribution >= 4 is 27.3 Å². The molecule has 2 aromatic heterocycles. The molecule has 0 bridgehead atoms. The van der Waals surface area contributed by atoms with Gasteiger partial charge < -0.3 is 11.5 Å². The lowest BCUT2D eigenvalue weighted by Crippen LogP contribution is -2.01. The van der Waals surface area contributed by atoms with Crippen LogP contribution in [0.2, 0.25) is 0 Å². The number of nitrogens with two attached hydrogens (primary N) is 2. The highest BCUT2D eigenvalue weighted by molar-refractivity contribution is 9.10. The average molecular weight is 318 g/mol. The number of anilines is 1. The third kappa shape index (κ3) is 1.98. The second-order valence-electron chi connectivity index (χ2n) is 4.19. The molecule has 0 unspecified atom stereocenters. The minimum atomic E-state index is 0.447. The molecule has 19 heavy (non-hydrogen) atoms. The van der Waals surface area contributed by atoms with E-state index < -0.39 is 0 Å². The largest absolute Gasteiger partial charge is 0.382 e. The predicted molar refractivity (Wildman–Crippen MR) is 78.4 cm³/mol. The molecule has 0 saturated heterocycles. The first kappa shape index (κ1) is 12.1. The number of fused-ring (bicyclic) bond motifs is 1. The van der Waals surface area contributed by atoms with Crippen molar-refractivity contribution in [3.05, 3.63) is 46.7 Å². The van der Waals surface area contributed by atoms with Gasteiger partial charge in [0.1, 0.15) is 11.8 Å². The summed E-state index contributed by atoms with van der Waals surface area (Å²) in [6.07, 6.45) is 1.45. The maximum atomic E-state index is 5.88. The quantitative estimate of drug-likeness (QED) is 0.759. The van der Waals surface area contributed by atoms with Crippen LogP contribution in [0, 0.1) is 0 Å². The highest BCUT2D eigenvalue weighted by Crippen LogP contribution is 2.31. The zero-order valence-corrected chi connectivity index (χ0v) is 11.6. The van der Waals surface area contributed by atoms with Gasteiger partial charge in [-0.05, 0) is 33.6 Å². The summed E-state index contributed by atoms with van der Waals surface area (Å²) in [6, 6.07) is 10.0. The molecule has 0 spiro atoms. The summed E-state index contributed by atoms with van der Waals surface area (Å²) in [5, 5.41) is 4.26. The molecule has 0 aliphatic rings. The van der Waals surface area contributed by atoms with Crippen molar-refractivity contribution in [2.75, 3.05) is 5.73 Å². The van der Waals surface area contributed by atoms with Crippen molar-refractivity contribution in [3.8, 4) is 11.3 Å². The fraction of sp³-hybridized carbons (Fsp3) is 0.0769. The predicted octanol–water partition coefficient (Wildman–Crippen LogP) is 2.20. The molecule has 0 fully saturated rings. The average Bonchev–Trinajstić information content (AvgIpc) is 2.78. The van der Waals surface area contributed by atoms with Gasteiger partial charge >= 0.3 is 0 Å². The number of nitrogens with zero attached hydrogens (tertiary/aromatic N) is 3. The first-order chi connectivity index (χ1) is 9.20. The molecule has 3 aromatic rings. The molecule has 3 rings (SSSR count). The summed E-state index contributed by atoms with van der Waals surface area (Å²) in [5.41, 5.74) is 15.4. The molecular formula is C13H12BrN5. The minimum Gasteiger partial charge on any atom is -0.382 e. The smallest absolute Gasteiger partial charge is 0.152 e. The highest BCUT2D eigenvalue weighted by Gasteiger charge is 2.13. The van der Waals surface area contributed by atoms with Crippen LogP contribution in [0.3, 0.4) is 0 Å². The standard InChI is InChI=1S/C13H12BrN5/c14-10-5-11(9-3-1-2-8(4-9)6-15)19-12(10)13(16)17-7-18-19/h1-5,7H,6,15H2,(H2,16,17,18). The summed E-state index contributed by atoms with van der Waals surface area (Å²) >= 11 is 3.50. The number of nitrogen functional groups attached to an aromatic ring is 1. The monoisotopic (exact) mass is 317 g/mol. The lowest BCUT2D eigenvalue weighted by Gasteiger charge is -2.04. The first-order valence-corrected chi connectivity index (χ1v) is 6.57. The Bertz CT molecular complexity index is 750. The number of aromatic nitrogens is 3. The molecule has 0 saturated carbocycles. The maximum absolute atomic E-state index is 5.88. The van der Waals surface area contributed by atoms with Gasteiger partial charge in [-0.15, -0.1) is 0 Å². The van der Waals surface area contributed by atoms with E-state index in [1.54, 1.807) is 4.52 Å².